The van der Waals surface area contributed by atoms with Crippen LogP contribution < -0.4 is 0 Å². The molecule has 0 spiro atoms. The second-order valence-electron chi connectivity index (χ2n) is 3.79. The van der Waals surface area contributed by atoms with Crippen LogP contribution in [0.15, 0.2) is 18.3 Å². The topological polar surface area (TPSA) is 42.4 Å². The molecule has 0 aromatic carbocycles. The molecule has 0 aliphatic carbocycles. The third-order valence-corrected chi connectivity index (χ3v) is 2.60. The van der Waals surface area contributed by atoms with Crippen molar-refractivity contribution in [1.82, 2.24) is 9.88 Å². The smallest absolute Gasteiger partial charge is 0.254 e. The van der Waals surface area contributed by atoms with Gasteiger partial charge in [-0.15, -0.1) is 0 Å². The van der Waals surface area contributed by atoms with Crippen molar-refractivity contribution in [3.63, 3.8) is 0 Å². The van der Waals surface area contributed by atoms with Crippen LogP contribution in [0.4, 0.5) is 4.39 Å². The second kappa shape index (κ2) is 4.57. The molecule has 1 aromatic heterocycles. The first kappa shape index (κ1) is 11.0. The Morgan fingerprint density at radius 3 is 3.19 bits per heavy atom. The van der Waals surface area contributed by atoms with Gasteiger partial charge in [-0.2, -0.15) is 4.39 Å². The maximum atomic E-state index is 12.9. The first-order valence-electron chi connectivity index (χ1n) is 5.19. The average molecular weight is 224 g/mol. The molecule has 0 radical (unpaired) electrons. The van der Waals surface area contributed by atoms with Gasteiger partial charge in [0.1, 0.15) is 0 Å². The van der Waals surface area contributed by atoms with Crippen molar-refractivity contribution >= 4 is 5.91 Å². The van der Waals surface area contributed by atoms with Gasteiger partial charge in [-0.25, -0.2) is 4.98 Å². The van der Waals surface area contributed by atoms with Crippen molar-refractivity contribution < 1.29 is 13.9 Å². The molecule has 0 saturated carbocycles. The molecular formula is C11H13FN2O2. The molecule has 5 heteroatoms. The van der Waals surface area contributed by atoms with E-state index in [0.717, 1.165) is 6.07 Å². The molecule has 1 fully saturated rings. The summed E-state index contributed by atoms with van der Waals surface area (Å²) >= 11 is 0. The van der Waals surface area contributed by atoms with E-state index in [1.807, 2.05) is 6.92 Å². The maximum Gasteiger partial charge on any atom is 0.254 e. The standard InChI is InChI=1S/C11H13FN2O2/c1-8-7-16-5-4-14(8)11(15)9-2-3-13-10(12)6-9/h2-3,6,8H,4-5,7H2,1H3/t8-/m1/s1. The molecular weight excluding hydrogens is 211 g/mol. The van der Waals surface area contributed by atoms with Gasteiger partial charge in [0, 0.05) is 24.4 Å². The molecule has 2 rings (SSSR count). The fourth-order valence-corrected chi connectivity index (χ4v) is 1.73. The highest BCUT2D eigenvalue weighted by molar-refractivity contribution is 5.94. The van der Waals surface area contributed by atoms with Crippen molar-refractivity contribution in [1.29, 1.82) is 0 Å². The highest BCUT2D eigenvalue weighted by atomic mass is 19.1. The number of morpholine rings is 1. The number of halogens is 1. The fourth-order valence-electron chi connectivity index (χ4n) is 1.73. The van der Waals surface area contributed by atoms with Crippen LogP contribution in [0.1, 0.15) is 17.3 Å². The van der Waals surface area contributed by atoms with E-state index in [9.17, 15) is 9.18 Å². The number of carbonyl (C=O) groups excluding carboxylic acids is 1. The van der Waals surface area contributed by atoms with E-state index in [2.05, 4.69) is 4.98 Å². The van der Waals surface area contributed by atoms with E-state index in [1.165, 1.54) is 12.3 Å². The Morgan fingerprint density at radius 1 is 1.69 bits per heavy atom. The lowest BCUT2D eigenvalue weighted by Crippen LogP contribution is -2.47. The van der Waals surface area contributed by atoms with Crippen molar-refractivity contribution in [2.45, 2.75) is 13.0 Å². The Balaban J connectivity index is 2.17. The Hall–Kier alpha value is -1.49. The van der Waals surface area contributed by atoms with Crippen LogP contribution in [0, 0.1) is 5.95 Å². The molecule has 0 unspecified atom stereocenters. The van der Waals surface area contributed by atoms with E-state index in [4.69, 9.17) is 4.74 Å². The molecule has 1 atom stereocenters. The Kier molecular flexibility index (Phi) is 3.14. The van der Waals surface area contributed by atoms with Crippen LogP contribution in [0.5, 0.6) is 0 Å². The monoisotopic (exact) mass is 224 g/mol. The summed E-state index contributed by atoms with van der Waals surface area (Å²) in [6, 6.07) is 2.70. The summed E-state index contributed by atoms with van der Waals surface area (Å²) in [6.07, 6.45) is 1.30. The number of carbonyl (C=O) groups is 1. The number of rotatable bonds is 1. The predicted molar refractivity (Wildman–Crippen MR) is 55.5 cm³/mol. The highest BCUT2D eigenvalue weighted by Gasteiger charge is 2.24. The molecule has 4 nitrogen and oxygen atoms in total. The molecule has 1 aromatic rings. The molecule has 1 aliphatic heterocycles. The zero-order chi connectivity index (χ0) is 11.5. The molecule has 86 valence electrons. The van der Waals surface area contributed by atoms with Gasteiger partial charge in [0.15, 0.2) is 0 Å². The number of ether oxygens (including phenoxy) is 1. The highest BCUT2D eigenvalue weighted by Crippen LogP contribution is 2.12. The number of hydrogen-bond acceptors (Lipinski definition) is 3. The van der Waals surface area contributed by atoms with Crippen molar-refractivity contribution in [2.75, 3.05) is 19.8 Å². The van der Waals surface area contributed by atoms with Crippen LogP contribution in [-0.4, -0.2) is 41.6 Å². The Morgan fingerprint density at radius 2 is 2.50 bits per heavy atom. The summed E-state index contributed by atoms with van der Waals surface area (Å²) < 4.78 is 18.1. The van der Waals surface area contributed by atoms with Crippen LogP contribution >= 0.6 is 0 Å². The van der Waals surface area contributed by atoms with E-state index in [1.54, 1.807) is 4.90 Å². The quantitative estimate of drug-likeness (QED) is 0.670. The van der Waals surface area contributed by atoms with Crippen LogP contribution in [-0.2, 0) is 4.74 Å². The number of hydrogen-bond donors (Lipinski definition) is 0. The summed E-state index contributed by atoms with van der Waals surface area (Å²) in [4.78, 5) is 17.2. The lowest BCUT2D eigenvalue weighted by Gasteiger charge is -2.33. The largest absolute Gasteiger partial charge is 0.377 e. The lowest BCUT2D eigenvalue weighted by atomic mass is 10.2. The molecule has 0 N–H and O–H groups in total. The van der Waals surface area contributed by atoms with E-state index in [-0.39, 0.29) is 11.9 Å². The van der Waals surface area contributed by atoms with Gasteiger partial charge in [-0.1, -0.05) is 0 Å². The zero-order valence-electron chi connectivity index (χ0n) is 9.02. The first-order chi connectivity index (χ1) is 7.68. The van der Waals surface area contributed by atoms with E-state index >= 15 is 0 Å². The SMILES string of the molecule is C[C@@H]1COCCN1C(=O)c1ccnc(F)c1. The second-order valence-corrected chi connectivity index (χ2v) is 3.79. The summed E-state index contributed by atoms with van der Waals surface area (Å²) in [5, 5.41) is 0. The van der Waals surface area contributed by atoms with Gasteiger partial charge in [0.25, 0.3) is 5.91 Å². The molecule has 1 aliphatic rings. The summed E-state index contributed by atoms with van der Waals surface area (Å²) in [5.74, 6) is -0.802. The summed E-state index contributed by atoms with van der Waals surface area (Å²) in [5.41, 5.74) is 0.334. The minimum atomic E-state index is -0.633. The van der Waals surface area contributed by atoms with Crippen LogP contribution in [0.2, 0.25) is 0 Å². The maximum absolute atomic E-state index is 12.9. The first-order valence-corrected chi connectivity index (χ1v) is 5.19. The average Bonchev–Trinajstić information content (AvgIpc) is 2.29. The summed E-state index contributed by atoms with van der Waals surface area (Å²) in [6.45, 7) is 3.52. The van der Waals surface area contributed by atoms with E-state index < -0.39 is 5.95 Å². The molecule has 1 amide bonds. The number of amides is 1. The Bertz CT molecular complexity index is 397. The van der Waals surface area contributed by atoms with Crippen LogP contribution in [0.25, 0.3) is 0 Å². The Labute approximate surface area is 93.0 Å². The predicted octanol–water partition coefficient (Wildman–Crippen LogP) is 1.08. The zero-order valence-corrected chi connectivity index (χ0v) is 9.02. The van der Waals surface area contributed by atoms with Crippen LogP contribution in [0.3, 0.4) is 0 Å². The molecule has 1 saturated heterocycles. The normalized spacial score (nSPS) is 20.9. The third-order valence-electron chi connectivity index (χ3n) is 2.60. The van der Waals surface area contributed by atoms with Crippen molar-refractivity contribution in [2.24, 2.45) is 0 Å². The molecule has 2 heterocycles. The van der Waals surface area contributed by atoms with Gasteiger partial charge in [-0.05, 0) is 13.0 Å². The number of pyridine rings is 1. The van der Waals surface area contributed by atoms with Crippen molar-refractivity contribution in [3.05, 3.63) is 29.8 Å². The van der Waals surface area contributed by atoms with Crippen molar-refractivity contribution in [3.8, 4) is 0 Å². The molecule has 0 bridgehead atoms. The number of nitrogens with zero attached hydrogens (tertiary/aromatic N) is 2. The third kappa shape index (κ3) is 2.19. The van der Waals surface area contributed by atoms with Gasteiger partial charge in [0.05, 0.1) is 19.3 Å². The molecule has 16 heavy (non-hydrogen) atoms. The minimum absolute atomic E-state index is 0.0254. The minimum Gasteiger partial charge on any atom is -0.377 e. The summed E-state index contributed by atoms with van der Waals surface area (Å²) in [7, 11) is 0. The van der Waals surface area contributed by atoms with Gasteiger partial charge < -0.3 is 9.64 Å². The number of aromatic nitrogens is 1. The fraction of sp³-hybridized carbons (Fsp3) is 0.455. The van der Waals surface area contributed by atoms with Gasteiger partial charge >= 0.3 is 0 Å². The van der Waals surface area contributed by atoms with Gasteiger partial charge in [-0.3, -0.25) is 4.79 Å². The lowest BCUT2D eigenvalue weighted by molar-refractivity contribution is 0.00356. The van der Waals surface area contributed by atoms with Gasteiger partial charge in [0.2, 0.25) is 5.95 Å². The van der Waals surface area contributed by atoms with E-state index in [0.29, 0.717) is 25.3 Å².